The second-order valence-corrected chi connectivity index (χ2v) is 5.67. The zero-order valence-electron chi connectivity index (χ0n) is 15.5. The van der Waals surface area contributed by atoms with Gasteiger partial charge in [0.25, 0.3) is 0 Å². The van der Waals surface area contributed by atoms with Crippen LogP contribution in [0.15, 0.2) is 34.3 Å². The van der Waals surface area contributed by atoms with Crippen LogP contribution >= 0.6 is 0 Å². The number of carboxylic acid groups (broad SMARTS) is 1. The van der Waals surface area contributed by atoms with Crippen LogP contribution in [0.2, 0.25) is 0 Å². The largest absolute Gasteiger partial charge is 0.491 e. The summed E-state index contributed by atoms with van der Waals surface area (Å²) in [6.45, 7) is 4.39. The number of azide groups is 1. The third-order valence-corrected chi connectivity index (χ3v) is 3.89. The van der Waals surface area contributed by atoms with E-state index < -0.39 is 11.4 Å². The molecule has 10 nitrogen and oxygen atoms in total. The molecule has 0 atom stereocenters. The van der Waals surface area contributed by atoms with Gasteiger partial charge in [0, 0.05) is 24.2 Å². The number of hydrogen-bond donors (Lipinski definition) is 1. The average molecular weight is 390 g/mol. The molecule has 0 aliphatic carbocycles. The van der Waals surface area contributed by atoms with Crippen LogP contribution in [0.5, 0.6) is 5.75 Å². The molecular weight excluding hydrogens is 368 g/mol. The molecular formula is C18H22N4O6. The van der Waals surface area contributed by atoms with Crippen molar-refractivity contribution in [2.45, 2.75) is 13.5 Å². The van der Waals surface area contributed by atoms with Crippen molar-refractivity contribution in [2.75, 3.05) is 39.6 Å². The normalized spacial score (nSPS) is 10.6. The van der Waals surface area contributed by atoms with Crippen LogP contribution in [0.4, 0.5) is 0 Å². The van der Waals surface area contributed by atoms with E-state index in [1.54, 1.807) is 22.8 Å². The second kappa shape index (κ2) is 10.9. The second-order valence-electron chi connectivity index (χ2n) is 5.67. The molecule has 0 aliphatic heterocycles. The Labute approximate surface area is 160 Å². The SMILES string of the molecule is CCn1cc(C(=O)O)c(=O)c2cc(OCCOCCOCCN=[N+]=[N-])ccc21. The molecule has 0 aliphatic rings. The zero-order chi connectivity index (χ0) is 20.4. The van der Waals surface area contributed by atoms with Crippen molar-refractivity contribution >= 4 is 16.9 Å². The first-order chi connectivity index (χ1) is 13.6. The number of nitrogens with zero attached hydrogens (tertiary/aromatic N) is 4. The molecule has 1 heterocycles. The standard InChI is InChI=1S/C18H22N4O6/c1-2-22-12-15(18(24)25)17(23)14-11-13(3-4-16(14)22)28-10-9-27-8-7-26-6-5-20-21-19/h3-4,11-12H,2,5-10H2,1H3,(H,24,25). The molecule has 0 fully saturated rings. The number of aryl methyl sites for hydroxylation is 1. The molecule has 2 aromatic rings. The Kier molecular flexibility index (Phi) is 8.29. The van der Waals surface area contributed by atoms with Gasteiger partial charge in [-0.2, -0.15) is 0 Å². The minimum absolute atomic E-state index is 0.268. The maximum Gasteiger partial charge on any atom is 0.341 e. The first-order valence-corrected chi connectivity index (χ1v) is 8.78. The number of hydrogen-bond acceptors (Lipinski definition) is 6. The van der Waals surface area contributed by atoms with Crippen LogP contribution in [-0.2, 0) is 16.0 Å². The van der Waals surface area contributed by atoms with E-state index in [-0.39, 0.29) is 18.7 Å². The maximum absolute atomic E-state index is 12.4. The molecule has 0 unspecified atom stereocenters. The van der Waals surface area contributed by atoms with Crippen molar-refractivity contribution < 1.29 is 24.1 Å². The number of ether oxygens (including phenoxy) is 3. The lowest BCUT2D eigenvalue weighted by atomic mass is 10.1. The Morgan fingerprint density at radius 2 is 1.93 bits per heavy atom. The van der Waals surface area contributed by atoms with Crippen molar-refractivity contribution in [1.29, 1.82) is 0 Å². The minimum atomic E-state index is -1.25. The fraction of sp³-hybridized carbons (Fsp3) is 0.444. The van der Waals surface area contributed by atoms with Crippen molar-refractivity contribution in [2.24, 2.45) is 5.11 Å². The van der Waals surface area contributed by atoms with Gasteiger partial charge in [-0.1, -0.05) is 5.11 Å². The topological polar surface area (TPSA) is 136 Å². The summed E-state index contributed by atoms with van der Waals surface area (Å²) < 4.78 is 17.9. The van der Waals surface area contributed by atoms with Gasteiger partial charge < -0.3 is 23.9 Å². The highest BCUT2D eigenvalue weighted by Crippen LogP contribution is 2.19. The Bertz CT molecular complexity index is 920. The highest BCUT2D eigenvalue weighted by molar-refractivity contribution is 5.92. The summed E-state index contributed by atoms with van der Waals surface area (Å²) in [5.74, 6) is -0.792. The minimum Gasteiger partial charge on any atom is -0.491 e. The van der Waals surface area contributed by atoms with Gasteiger partial charge in [-0.15, -0.1) is 0 Å². The summed E-state index contributed by atoms with van der Waals surface area (Å²) >= 11 is 0. The number of pyridine rings is 1. The predicted octanol–water partition coefficient (Wildman–Crippen LogP) is 2.44. The molecule has 1 N–H and O–H groups in total. The molecule has 150 valence electrons. The van der Waals surface area contributed by atoms with E-state index >= 15 is 0 Å². The van der Waals surface area contributed by atoms with Crippen LogP contribution in [0.25, 0.3) is 21.3 Å². The number of aromatic carboxylic acids is 1. The Hall–Kier alpha value is -3.07. The molecule has 0 spiro atoms. The number of carbonyl (C=O) groups is 1. The van der Waals surface area contributed by atoms with Gasteiger partial charge in [0.1, 0.15) is 17.9 Å². The van der Waals surface area contributed by atoms with E-state index in [0.717, 1.165) is 0 Å². The summed E-state index contributed by atoms with van der Waals surface area (Å²) in [7, 11) is 0. The van der Waals surface area contributed by atoms with Crippen LogP contribution in [0.3, 0.4) is 0 Å². The van der Waals surface area contributed by atoms with E-state index in [2.05, 4.69) is 10.0 Å². The van der Waals surface area contributed by atoms with Gasteiger partial charge in [-0.05, 0) is 30.7 Å². The van der Waals surface area contributed by atoms with E-state index in [1.165, 1.54) is 6.20 Å². The molecule has 0 bridgehead atoms. The molecule has 2 rings (SSSR count). The van der Waals surface area contributed by atoms with Crippen molar-refractivity contribution in [3.05, 3.63) is 50.6 Å². The van der Waals surface area contributed by atoms with Gasteiger partial charge in [0.15, 0.2) is 0 Å². The van der Waals surface area contributed by atoms with E-state index in [0.29, 0.717) is 49.6 Å². The van der Waals surface area contributed by atoms with E-state index in [4.69, 9.17) is 19.7 Å². The van der Waals surface area contributed by atoms with Gasteiger partial charge in [0.2, 0.25) is 5.43 Å². The number of benzene rings is 1. The van der Waals surface area contributed by atoms with Gasteiger partial charge in [0.05, 0.1) is 37.3 Å². The van der Waals surface area contributed by atoms with E-state index in [9.17, 15) is 14.7 Å². The summed E-state index contributed by atoms with van der Waals surface area (Å²) in [5.41, 5.74) is 7.97. The number of rotatable bonds is 12. The molecule has 10 heteroatoms. The Balaban J connectivity index is 1.90. The number of fused-ring (bicyclic) bond motifs is 1. The average Bonchev–Trinajstić information content (AvgIpc) is 2.69. The van der Waals surface area contributed by atoms with Crippen molar-refractivity contribution in [1.82, 2.24) is 4.57 Å². The molecule has 0 amide bonds. The summed E-state index contributed by atoms with van der Waals surface area (Å²) in [6.07, 6.45) is 1.36. The van der Waals surface area contributed by atoms with Crippen LogP contribution in [-0.4, -0.2) is 55.2 Å². The number of aromatic nitrogens is 1. The van der Waals surface area contributed by atoms with Crippen molar-refractivity contribution in [3.8, 4) is 5.75 Å². The summed E-state index contributed by atoms with van der Waals surface area (Å²) in [5, 5.41) is 12.9. The monoisotopic (exact) mass is 390 g/mol. The van der Waals surface area contributed by atoms with Crippen LogP contribution < -0.4 is 10.2 Å². The predicted molar refractivity (Wildman–Crippen MR) is 102 cm³/mol. The van der Waals surface area contributed by atoms with Crippen LogP contribution in [0.1, 0.15) is 17.3 Å². The lowest BCUT2D eigenvalue weighted by Gasteiger charge is -2.12. The molecule has 1 aromatic heterocycles. The highest BCUT2D eigenvalue weighted by Gasteiger charge is 2.14. The maximum atomic E-state index is 12.4. The highest BCUT2D eigenvalue weighted by atomic mass is 16.5. The zero-order valence-corrected chi connectivity index (χ0v) is 15.5. The molecule has 0 saturated heterocycles. The third-order valence-electron chi connectivity index (χ3n) is 3.89. The van der Waals surface area contributed by atoms with Crippen molar-refractivity contribution in [3.63, 3.8) is 0 Å². The molecule has 0 saturated carbocycles. The fourth-order valence-electron chi connectivity index (χ4n) is 2.57. The Morgan fingerprint density at radius 3 is 2.61 bits per heavy atom. The first kappa shape index (κ1) is 21.2. The first-order valence-electron chi connectivity index (χ1n) is 8.78. The molecule has 0 radical (unpaired) electrons. The summed E-state index contributed by atoms with van der Waals surface area (Å²) in [6, 6.07) is 5.02. The quantitative estimate of drug-likeness (QED) is 0.256. The number of carboxylic acids is 1. The smallest absolute Gasteiger partial charge is 0.341 e. The van der Waals surface area contributed by atoms with Gasteiger partial charge in [-0.25, -0.2) is 4.79 Å². The van der Waals surface area contributed by atoms with Crippen LogP contribution in [0, 0.1) is 0 Å². The third kappa shape index (κ3) is 5.71. The lowest BCUT2D eigenvalue weighted by Crippen LogP contribution is -2.18. The van der Waals surface area contributed by atoms with Gasteiger partial charge >= 0.3 is 5.97 Å². The molecule has 1 aromatic carbocycles. The van der Waals surface area contributed by atoms with E-state index in [1.807, 2.05) is 6.92 Å². The van der Waals surface area contributed by atoms with Gasteiger partial charge in [-0.3, -0.25) is 4.79 Å². The fourth-order valence-corrected chi connectivity index (χ4v) is 2.57. The lowest BCUT2D eigenvalue weighted by molar-refractivity contribution is 0.0388. The Morgan fingerprint density at radius 1 is 1.21 bits per heavy atom. The molecule has 28 heavy (non-hydrogen) atoms. The summed E-state index contributed by atoms with van der Waals surface area (Å²) in [4.78, 5) is 26.3.